The maximum Gasteiger partial charge on any atom is 0.357 e. The fourth-order valence-corrected chi connectivity index (χ4v) is 7.90. The highest BCUT2D eigenvalue weighted by Gasteiger charge is 2.47. The van der Waals surface area contributed by atoms with E-state index in [0.29, 0.717) is 36.3 Å². The number of carbonyl (C=O) groups excluding carboxylic acids is 3. The van der Waals surface area contributed by atoms with Gasteiger partial charge in [-0.25, -0.2) is 4.79 Å². The van der Waals surface area contributed by atoms with Gasteiger partial charge in [-0.05, 0) is 94.5 Å². The molecule has 3 heterocycles. The third kappa shape index (κ3) is 4.75. The SMILES string of the molecule is CC1(C)OC(=O)c2cc3cc(NC(=O)[C@@H]4[C@H](C5CCCCC5)CCN4C(=O)C4CCC(CN)CC4)ccc3n21. The van der Waals surface area contributed by atoms with Crippen molar-refractivity contribution in [2.45, 2.75) is 89.8 Å². The Morgan fingerprint density at radius 2 is 1.77 bits per heavy atom. The van der Waals surface area contributed by atoms with Crippen LogP contribution in [-0.4, -0.2) is 46.4 Å². The molecule has 2 aliphatic heterocycles. The number of fused-ring (bicyclic) bond motifs is 3. The van der Waals surface area contributed by atoms with Gasteiger partial charge in [0.1, 0.15) is 11.7 Å². The highest BCUT2D eigenvalue weighted by Crippen LogP contribution is 2.41. The van der Waals surface area contributed by atoms with E-state index < -0.39 is 11.8 Å². The first-order chi connectivity index (χ1) is 18.8. The highest BCUT2D eigenvalue weighted by molar-refractivity contribution is 6.02. The van der Waals surface area contributed by atoms with Gasteiger partial charge in [0.2, 0.25) is 11.8 Å². The number of carbonyl (C=O) groups is 3. The summed E-state index contributed by atoms with van der Waals surface area (Å²) in [5.74, 6) is 0.938. The second-order valence-electron chi connectivity index (χ2n) is 12.7. The largest absolute Gasteiger partial charge is 0.434 e. The van der Waals surface area contributed by atoms with Gasteiger partial charge in [0.05, 0.1) is 5.52 Å². The molecule has 210 valence electrons. The number of benzene rings is 1. The number of ether oxygens (including phenoxy) is 1. The number of aromatic nitrogens is 1. The summed E-state index contributed by atoms with van der Waals surface area (Å²) in [5.41, 5.74) is 7.24. The zero-order valence-corrected chi connectivity index (χ0v) is 23.3. The summed E-state index contributed by atoms with van der Waals surface area (Å²) in [4.78, 5) is 42.1. The van der Waals surface area contributed by atoms with Crippen molar-refractivity contribution in [2.75, 3.05) is 18.4 Å². The molecule has 0 spiro atoms. The molecule has 2 aromatic rings. The van der Waals surface area contributed by atoms with Crippen molar-refractivity contribution in [1.82, 2.24) is 9.47 Å². The first kappa shape index (κ1) is 26.4. The maximum absolute atomic E-state index is 14.0. The Labute approximate surface area is 230 Å². The molecule has 3 fully saturated rings. The molecule has 3 N–H and O–H groups in total. The molecule has 2 amide bonds. The fourth-order valence-electron chi connectivity index (χ4n) is 7.90. The summed E-state index contributed by atoms with van der Waals surface area (Å²) in [7, 11) is 0. The van der Waals surface area contributed by atoms with Crippen LogP contribution in [0.3, 0.4) is 0 Å². The highest BCUT2D eigenvalue weighted by atomic mass is 16.6. The molecular formula is C31H42N4O4. The van der Waals surface area contributed by atoms with Crippen LogP contribution >= 0.6 is 0 Å². The van der Waals surface area contributed by atoms with E-state index in [-0.39, 0.29) is 29.6 Å². The molecule has 39 heavy (non-hydrogen) atoms. The molecule has 2 aliphatic carbocycles. The van der Waals surface area contributed by atoms with Crippen LogP contribution < -0.4 is 11.1 Å². The van der Waals surface area contributed by atoms with E-state index in [2.05, 4.69) is 5.32 Å². The van der Waals surface area contributed by atoms with E-state index in [1.807, 2.05) is 47.6 Å². The first-order valence-corrected chi connectivity index (χ1v) is 15.0. The number of hydrogen-bond acceptors (Lipinski definition) is 5. The second-order valence-corrected chi connectivity index (χ2v) is 12.7. The molecule has 0 bridgehead atoms. The smallest absolute Gasteiger partial charge is 0.357 e. The van der Waals surface area contributed by atoms with Gasteiger partial charge in [-0.2, -0.15) is 0 Å². The fraction of sp³-hybridized carbons (Fsp3) is 0.645. The van der Waals surface area contributed by atoms with Gasteiger partial charge in [-0.15, -0.1) is 0 Å². The number of likely N-dealkylation sites (tertiary alicyclic amines) is 1. The number of rotatable bonds is 5. The molecule has 8 heteroatoms. The number of cyclic esters (lactones) is 1. The molecule has 1 aromatic heterocycles. The Morgan fingerprint density at radius 1 is 1.03 bits per heavy atom. The van der Waals surface area contributed by atoms with Crippen LogP contribution in [0.5, 0.6) is 0 Å². The monoisotopic (exact) mass is 534 g/mol. The number of nitrogens with two attached hydrogens (primary N) is 1. The Bertz CT molecular complexity index is 1270. The summed E-state index contributed by atoms with van der Waals surface area (Å²) >= 11 is 0. The number of hydrogen-bond donors (Lipinski definition) is 2. The molecular weight excluding hydrogens is 492 g/mol. The summed E-state index contributed by atoms with van der Waals surface area (Å²) in [6.45, 7) is 5.09. The standard InChI is InChI=1S/C31H42N4O4/c1-31(2)35-25-13-12-23(16-22(25)17-26(35)30(38)39-31)33-28(36)27-24(20-6-4-3-5-7-20)14-15-34(27)29(37)21-10-8-19(18-32)9-11-21/h12-13,16-17,19-21,24,27H,3-11,14-15,18,32H2,1-2H3,(H,33,36)/t19?,21?,24-,27-/m0/s1. The molecule has 0 radical (unpaired) electrons. The minimum Gasteiger partial charge on any atom is -0.434 e. The molecule has 1 saturated heterocycles. The number of nitrogens with zero attached hydrogens (tertiary/aromatic N) is 2. The lowest BCUT2D eigenvalue weighted by Gasteiger charge is -2.36. The van der Waals surface area contributed by atoms with Crippen LogP contribution in [0.25, 0.3) is 10.9 Å². The van der Waals surface area contributed by atoms with Gasteiger partial charge >= 0.3 is 5.97 Å². The van der Waals surface area contributed by atoms with E-state index in [4.69, 9.17) is 10.5 Å². The van der Waals surface area contributed by atoms with Crippen molar-refractivity contribution < 1.29 is 19.1 Å². The van der Waals surface area contributed by atoms with Crippen molar-refractivity contribution >= 4 is 34.4 Å². The minimum atomic E-state index is -0.750. The molecule has 6 rings (SSSR count). The van der Waals surface area contributed by atoms with Crippen LogP contribution in [0.1, 0.15) is 88.5 Å². The van der Waals surface area contributed by atoms with Gasteiger partial charge < -0.3 is 20.7 Å². The third-order valence-electron chi connectivity index (χ3n) is 9.94. The van der Waals surface area contributed by atoms with Crippen molar-refractivity contribution in [2.24, 2.45) is 29.4 Å². The lowest BCUT2D eigenvalue weighted by Crippen LogP contribution is -2.49. The first-order valence-electron chi connectivity index (χ1n) is 15.0. The predicted octanol–water partition coefficient (Wildman–Crippen LogP) is 5.01. The Kier molecular flexibility index (Phi) is 6.94. The number of nitrogens with one attached hydrogen (secondary N) is 1. The number of amides is 2. The van der Waals surface area contributed by atoms with Crippen molar-refractivity contribution in [3.63, 3.8) is 0 Å². The number of esters is 1. The van der Waals surface area contributed by atoms with Crippen LogP contribution in [0.2, 0.25) is 0 Å². The van der Waals surface area contributed by atoms with Gasteiger partial charge in [-0.3, -0.25) is 14.2 Å². The van der Waals surface area contributed by atoms with E-state index >= 15 is 0 Å². The van der Waals surface area contributed by atoms with Crippen LogP contribution in [-0.2, 0) is 20.1 Å². The molecule has 4 aliphatic rings. The Hall–Kier alpha value is -2.87. The molecule has 0 unspecified atom stereocenters. The topological polar surface area (TPSA) is 107 Å². The maximum atomic E-state index is 14.0. The summed E-state index contributed by atoms with van der Waals surface area (Å²) in [6, 6.07) is 7.14. The summed E-state index contributed by atoms with van der Waals surface area (Å²) < 4.78 is 7.41. The van der Waals surface area contributed by atoms with E-state index in [1.165, 1.54) is 19.3 Å². The normalized spacial score (nSPS) is 28.9. The van der Waals surface area contributed by atoms with Crippen molar-refractivity contribution in [3.05, 3.63) is 30.0 Å². The molecule has 8 nitrogen and oxygen atoms in total. The molecule has 2 saturated carbocycles. The zero-order valence-electron chi connectivity index (χ0n) is 23.3. The zero-order chi connectivity index (χ0) is 27.3. The van der Waals surface area contributed by atoms with Gasteiger partial charge in [0.25, 0.3) is 0 Å². The average molecular weight is 535 g/mol. The van der Waals surface area contributed by atoms with E-state index in [9.17, 15) is 14.4 Å². The summed E-state index contributed by atoms with van der Waals surface area (Å²) in [6.07, 6.45) is 10.6. The van der Waals surface area contributed by atoms with Crippen LogP contribution in [0, 0.1) is 23.7 Å². The van der Waals surface area contributed by atoms with Gasteiger partial charge in [-0.1, -0.05) is 32.1 Å². The number of anilines is 1. The van der Waals surface area contributed by atoms with Gasteiger partial charge in [0, 0.05) is 23.5 Å². The van der Waals surface area contributed by atoms with E-state index in [1.54, 1.807) is 0 Å². The predicted molar refractivity (Wildman–Crippen MR) is 150 cm³/mol. The third-order valence-corrected chi connectivity index (χ3v) is 9.94. The molecule has 1 aromatic carbocycles. The van der Waals surface area contributed by atoms with E-state index in [0.717, 1.165) is 55.8 Å². The second kappa shape index (κ2) is 10.3. The minimum absolute atomic E-state index is 0.00334. The molecule has 2 atom stereocenters. The van der Waals surface area contributed by atoms with Crippen LogP contribution in [0.15, 0.2) is 24.3 Å². The van der Waals surface area contributed by atoms with Crippen molar-refractivity contribution in [1.29, 1.82) is 0 Å². The van der Waals surface area contributed by atoms with Gasteiger partial charge in [0.15, 0.2) is 5.72 Å². The summed E-state index contributed by atoms with van der Waals surface area (Å²) in [5, 5.41) is 4.05. The van der Waals surface area contributed by atoms with Crippen LogP contribution in [0.4, 0.5) is 5.69 Å². The van der Waals surface area contributed by atoms with Crippen molar-refractivity contribution in [3.8, 4) is 0 Å². The lowest BCUT2D eigenvalue weighted by molar-refractivity contribution is -0.142. The Balaban J connectivity index is 1.25. The average Bonchev–Trinajstić information content (AvgIpc) is 3.61. The quantitative estimate of drug-likeness (QED) is 0.525. The Morgan fingerprint density at radius 3 is 2.49 bits per heavy atom. The lowest BCUT2D eigenvalue weighted by atomic mass is 9.76.